The lowest BCUT2D eigenvalue weighted by Gasteiger charge is -2.14. The Kier molecular flexibility index (Phi) is 13.0. The first-order chi connectivity index (χ1) is 7.06. The summed E-state index contributed by atoms with van der Waals surface area (Å²) < 4.78 is 4.98. The summed E-state index contributed by atoms with van der Waals surface area (Å²) in [5.41, 5.74) is 5.66. The maximum absolute atomic E-state index is 5.66. The van der Waals surface area contributed by atoms with Gasteiger partial charge < -0.3 is 20.7 Å². The molecule has 0 aliphatic heterocycles. The Hall–Kier alpha value is -0.0800. The molecule has 0 atom stereocenters. The second-order valence-electron chi connectivity index (χ2n) is 3.86. The molecule has 5 nitrogen and oxygen atoms in total. The smallest absolute Gasteiger partial charge is 0.188 e. The largest absolute Gasteiger partial charge is 0.383 e. The zero-order valence-corrected chi connectivity index (χ0v) is 13.0. The van der Waals surface area contributed by atoms with Gasteiger partial charge in [0.1, 0.15) is 0 Å². The molecule has 6 heteroatoms. The Balaban J connectivity index is 0. The average molecular weight is 344 g/mol. The van der Waals surface area contributed by atoms with Crippen molar-refractivity contribution in [1.82, 2.24) is 10.2 Å². The predicted octanol–water partition coefficient (Wildman–Crippen LogP) is 0.495. The molecule has 0 saturated heterocycles. The lowest BCUT2D eigenvalue weighted by molar-refractivity contribution is 0.163. The van der Waals surface area contributed by atoms with Gasteiger partial charge in [-0.25, -0.2) is 0 Å². The molecule has 0 rings (SSSR count). The van der Waals surface area contributed by atoms with Crippen molar-refractivity contribution in [2.45, 2.75) is 19.9 Å². The molecule has 0 aromatic heterocycles. The lowest BCUT2D eigenvalue weighted by atomic mass is 10.4. The van der Waals surface area contributed by atoms with Gasteiger partial charge in [0, 0.05) is 26.2 Å². The van der Waals surface area contributed by atoms with E-state index in [0.29, 0.717) is 18.5 Å². The number of nitrogens with two attached hydrogens (primary N) is 1. The van der Waals surface area contributed by atoms with E-state index in [2.05, 4.69) is 15.2 Å². The van der Waals surface area contributed by atoms with Crippen molar-refractivity contribution < 1.29 is 4.74 Å². The van der Waals surface area contributed by atoms with Gasteiger partial charge in [0.2, 0.25) is 0 Å². The minimum Gasteiger partial charge on any atom is -0.383 e. The van der Waals surface area contributed by atoms with Crippen LogP contribution in [0.5, 0.6) is 0 Å². The zero-order valence-electron chi connectivity index (χ0n) is 10.7. The van der Waals surface area contributed by atoms with Crippen LogP contribution >= 0.6 is 24.0 Å². The maximum Gasteiger partial charge on any atom is 0.188 e. The fraction of sp³-hybridized carbons (Fsp3) is 0.900. The van der Waals surface area contributed by atoms with E-state index < -0.39 is 0 Å². The molecule has 0 radical (unpaired) electrons. The van der Waals surface area contributed by atoms with E-state index in [0.717, 1.165) is 19.7 Å². The highest BCUT2D eigenvalue weighted by atomic mass is 127. The van der Waals surface area contributed by atoms with Crippen molar-refractivity contribution >= 4 is 29.9 Å². The Morgan fingerprint density at radius 2 is 2.06 bits per heavy atom. The number of aliphatic imine (C=N–C) groups is 1. The third-order valence-electron chi connectivity index (χ3n) is 1.88. The molecule has 0 amide bonds. The summed E-state index contributed by atoms with van der Waals surface area (Å²) in [6.45, 7) is 7.35. The number of likely N-dealkylation sites (N-methyl/N-ethyl adjacent to an activating group) is 1. The number of nitrogens with zero attached hydrogens (tertiary/aromatic N) is 2. The van der Waals surface area contributed by atoms with E-state index in [1.54, 1.807) is 7.11 Å². The first-order valence-corrected chi connectivity index (χ1v) is 5.30. The Morgan fingerprint density at radius 3 is 2.56 bits per heavy atom. The van der Waals surface area contributed by atoms with Crippen LogP contribution in [0.4, 0.5) is 0 Å². The number of methoxy groups -OCH3 is 1. The molecule has 0 fully saturated rings. The third kappa shape index (κ3) is 12.0. The number of rotatable bonds is 7. The summed E-state index contributed by atoms with van der Waals surface area (Å²) in [5, 5.41) is 3.04. The molecule has 98 valence electrons. The highest BCUT2D eigenvalue weighted by molar-refractivity contribution is 14.0. The summed E-state index contributed by atoms with van der Waals surface area (Å²) in [6.07, 6.45) is 0. The van der Waals surface area contributed by atoms with Crippen molar-refractivity contribution in [3.8, 4) is 0 Å². The highest BCUT2D eigenvalue weighted by Crippen LogP contribution is 1.83. The number of halogens is 1. The second kappa shape index (κ2) is 11.4. The number of hydrogen-bond donors (Lipinski definition) is 2. The Bertz CT molecular complexity index is 188. The first kappa shape index (κ1) is 18.3. The molecular formula is C10H25IN4O. The zero-order chi connectivity index (χ0) is 11.7. The summed E-state index contributed by atoms with van der Waals surface area (Å²) in [7, 11) is 3.75. The second-order valence-corrected chi connectivity index (χ2v) is 3.86. The van der Waals surface area contributed by atoms with Crippen LogP contribution in [0.3, 0.4) is 0 Å². The molecule has 0 bridgehead atoms. The van der Waals surface area contributed by atoms with Gasteiger partial charge in [0.05, 0.1) is 13.2 Å². The summed E-state index contributed by atoms with van der Waals surface area (Å²) in [5.74, 6) is 0.519. The molecular weight excluding hydrogens is 319 g/mol. The van der Waals surface area contributed by atoms with Gasteiger partial charge >= 0.3 is 0 Å². The van der Waals surface area contributed by atoms with Gasteiger partial charge in [-0.2, -0.15) is 0 Å². The third-order valence-corrected chi connectivity index (χ3v) is 1.88. The fourth-order valence-electron chi connectivity index (χ4n) is 1.04. The van der Waals surface area contributed by atoms with Crippen LogP contribution in [-0.2, 0) is 4.74 Å². The maximum atomic E-state index is 5.66. The number of hydrogen-bond acceptors (Lipinski definition) is 3. The quantitative estimate of drug-likeness (QED) is 0.401. The monoisotopic (exact) mass is 344 g/mol. The highest BCUT2D eigenvalue weighted by Gasteiger charge is 1.97. The standard InChI is InChI=1S/C10H24N4O.HI/c1-9(2)13-10(11)12-5-6-14(3)7-8-15-4;/h9H,5-8H2,1-4H3,(H3,11,12,13);1H. The molecule has 3 N–H and O–H groups in total. The molecule has 0 aliphatic rings. The van der Waals surface area contributed by atoms with Crippen LogP contribution in [0.2, 0.25) is 0 Å². The SMILES string of the molecule is COCCN(C)CCN=C(N)NC(C)C.I. The molecule has 0 aromatic carbocycles. The minimum absolute atomic E-state index is 0. The number of ether oxygens (including phenoxy) is 1. The van der Waals surface area contributed by atoms with Gasteiger partial charge in [-0.05, 0) is 20.9 Å². The van der Waals surface area contributed by atoms with Crippen molar-refractivity contribution in [1.29, 1.82) is 0 Å². The van der Waals surface area contributed by atoms with E-state index in [1.807, 2.05) is 20.9 Å². The molecule has 16 heavy (non-hydrogen) atoms. The molecule has 0 aliphatic carbocycles. The minimum atomic E-state index is 0. The van der Waals surface area contributed by atoms with Crippen molar-refractivity contribution in [3.05, 3.63) is 0 Å². The predicted molar refractivity (Wildman–Crippen MR) is 79.5 cm³/mol. The fourth-order valence-corrected chi connectivity index (χ4v) is 1.04. The van der Waals surface area contributed by atoms with E-state index in [1.165, 1.54) is 0 Å². The van der Waals surface area contributed by atoms with E-state index in [-0.39, 0.29) is 24.0 Å². The molecule has 0 aromatic rings. The Labute approximate surface area is 116 Å². The lowest BCUT2D eigenvalue weighted by Crippen LogP contribution is -2.37. The van der Waals surface area contributed by atoms with E-state index in [9.17, 15) is 0 Å². The van der Waals surface area contributed by atoms with Crippen molar-refractivity contribution in [2.75, 3.05) is 40.4 Å². The van der Waals surface area contributed by atoms with Crippen LogP contribution in [0.1, 0.15) is 13.8 Å². The number of nitrogens with one attached hydrogen (secondary N) is 1. The van der Waals surface area contributed by atoms with Crippen LogP contribution in [0, 0.1) is 0 Å². The van der Waals surface area contributed by atoms with Gasteiger partial charge in [0.15, 0.2) is 5.96 Å². The van der Waals surface area contributed by atoms with Crippen LogP contribution in [-0.4, -0.2) is 57.3 Å². The average Bonchev–Trinajstić information content (AvgIpc) is 2.13. The van der Waals surface area contributed by atoms with Crippen LogP contribution in [0.25, 0.3) is 0 Å². The molecule has 0 spiro atoms. The topological polar surface area (TPSA) is 62.9 Å². The first-order valence-electron chi connectivity index (χ1n) is 5.30. The van der Waals surface area contributed by atoms with E-state index in [4.69, 9.17) is 10.5 Å². The Morgan fingerprint density at radius 1 is 1.44 bits per heavy atom. The van der Waals surface area contributed by atoms with Crippen molar-refractivity contribution in [2.24, 2.45) is 10.7 Å². The molecule has 0 unspecified atom stereocenters. The van der Waals surface area contributed by atoms with Gasteiger partial charge in [0.25, 0.3) is 0 Å². The summed E-state index contributed by atoms with van der Waals surface area (Å²) in [6, 6.07) is 0.333. The van der Waals surface area contributed by atoms with Crippen LogP contribution < -0.4 is 11.1 Å². The van der Waals surface area contributed by atoms with Gasteiger partial charge in [-0.15, -0.1) is 24.0 Å². The summed E-state index contributed by atoms with van der Waals surface area (Å²) >= 11 is 0. The number of guanidine groups is 1. The normalized spacial score (nSPS) is 11.8. The molecule has 0 saturated carbocycles. The van der Waals surface area contributed by atoms with Crippen LogP contribution in [0.15, 0.2) is 4.99 Å². The van der Waals surface area contributed by atoms with Crippen molar-refractivity contribution in [3.63, 3.8) is 0 Å². The molecule has 0 heterocycles. The van der Waals surface area contributed by atoms with Gasteiger partial charge in [-0.1, -0.05) is 0 Å². The van der Waals surface area contributed by atoms with Gasteiger partial charge in [-0.3, -0.25) is 4.99 Å². The summed E-state index contributed by atoms with van der Waals surface area (Å²) in [4.78, 5) is 6.38. The van der Waals surface area contributed by atoms with E-state index >= 15 is 0 Å².